The van der Waals surface area contributed by atoms with E-state index in [1.165, 1.54) is 19.4 Å². The molecule has 1 N–H and O–H groups in total. The zero-order valence-corrected chi connectivity index (χ0v) is 15.5. The highest BCUT2D eigenvalue weighted by Crippen LogP contribution is 2.26. The fourth-order valence-corrected chi connectivity index (χ4v) is 3.83. The summed E-state index contributed by atoms with van der Waals surface area (Å²) in [6, 6.07) is 1.21. The topological polar surface area (TPSA) is 50.3 Å². The molecule has 0 amide bonds. The SMILES string of the molecule is CN(c1ncc(Br)cn1)C1CCC(OCCC2CCCN2)CC1. The van der Waals surface area contributed by atoms with Gasteiger partial charge >= 0.3 is 0 Å². The summed E-state index contributed by atoms with van der Waals surface area (Å²) in [5, 5.41) is 3.53. The number of ether oxygens (including phenoxy) is 1. The van der Waals surface area contributed by atoms with Crippen molar-refractivity contribution in [2.75, 3.05) is 25.1 Å². The number of aromatic nitrogens is 2. The zero-order valence-electron chi connectivity index (χ0n) is 13.9. The normalized spacial score (nSPS) is 28.0. The fraction of sp³-hybridized carbons (Fsp3) is 0.765. The Morgan fingerprint density at radius 2 is 1.96 bits per heavy atom. The average Bonchev–Trinajstić information content (AvgIpc) is 3.09. The van der Waals surface area contributed by atoms with E-state index in [9.17, 15) is 0 Å². The second-order valence-electron chi connectivity index (χ2n) is 6.70. The molecule has 1 saturated heterocycles. The van der Waals surface area contributed by atoms with Gasteiger partial charge in [-0.15, -0.1) is 0 Å². The van der Waals surface area contributed by atoms with Gasteiger partial charge in [-0.1, -0.05) is 0 Å². The highest BCUT2D eigenvalue weighted by Gasteiger charge is 2.26. The molecule has 1 aliphatic carbocycles. The van der Waals surface area contributed by atoms with Crippen LogP contribution in [0.2, 0.25) is 0 Å². The third kappa shape index (κ3) is 4.88. The molecule has 2 fully saturated rings. The Labute approximate surface area is 147 Å². The maximum Gasteiger partial charge on any atom is 0.225 e. The molecule has 0 radical (unpaired) electrons. The van der Waals surface area contributed by atoms with Crippen molar-refractivity contribution < 1.29 is 4.74 Å². The van der Waals surface area contributed by atoms with E-state index in [4.69, 9.17) is 4.74 Å². The molecule has 1 aromatic heterocycles. The molecule has 1 atom stereocenters. The van der Waals surface area contributed by atoms with Gasteiger partial charge < -0.3 is 15.0 Å². The molecule has 1 aliphatic heterocycles. The largest absolute Gasteiger partial charge is 0.378 e. The van der Waals surface area contributed by atoms with Crippen LogP contribution in [-0.4, -0.2) is 48.4 Å². The zero-order chi connectivity index (χ0) is 16.1. The Kier molecular flexibility index (Phi) is 6.25. The highest BCUT2D eigenvalue weighted by molar-refractivity contribution is 9.10. The molecule has 128 valence electrons. The Bertz CT molecular complexity index is 470. The van der Waals surface area contributed by atoms with E-state index >= 15 is 0 Å². The van der Waals surface area contributed by atoms with Crippen molar-refractivity contribution in [2.45, 2.75) is 63.1 Å². The van der Waals surface area contributed by atoms with Crippen molar-refractivity contribution in [1.82, 2.24) is 15.3 Å². The number of hydrogen-bond acceptors (Lipinski definition) is 5. The van der Waals surface area contributed by atoms with Crippen LogP contribution in [0.3, 0.4) is 0 Å². The van der Waals surface area contributed by atoms with Gasteiger partial charge in [0.15, 0.2) is 0 Å². The van der Waals surface area contributed by atoms with Crippen LogP contribution in [-0.2, 0) is 4.74 Å². The molecular weight excluding hydrogens is 356 g/mol. The molecule has 3 rings (SSSR count). The molecule has 5 nitrogen and oxygen atoms in total. The predicted molar refractivity (Wildman–Crippen MR) is 95.8 cm³/mol. The number of rotatable bonds is 6. The molecular formula is C17H27BrN4O. The minimum atomic E-state index is 0.437. The summed E-state index contributed by atoms with van der Waals surface area (Å²) in [5.41, 5.74) is 0. The Hall–Kier alpha value is -0.720. The van der Waals surface area contributed by atoms with E-state index in [2.05, 4.69) is 43.2 Å². The lowest BCUT2D eigenvalue weighted by Crippen LogP contribution is -2.38. The lowest BCUT2D eigenvalue weighted by Gasteiger charge is -2.34. The van der Waals surface area contributed by atoms with Crippen molar-refractivity contribution in [3.63, 3.8) is 0 Å². The number of halogens is 1. The van der Waals surface area contributed by atoms with Crippen LogP contribution in [0, 0.1) is 0 Å². The van der Waals surface area contributed by atoms with Gasteiger partial charge in [-0.05, 0) is 67.4 Å². The maximum atomic E-state index is 6.10. The fourth-order valence-electron chi connectivity index (χ4n) is 3.63. The van der Waals surface area contributed by atoms with E-state index in [0.717, 1.165) is 49.1 Å². The van der Waals surface area contributed by atoms with Gasteiger partial charge in [0.05, 0.1) is 10.6 Å². The van der Waals surface area contributed by atoms with Crippen molar-refractivity contribution >= 4 is 21.9 Å². The van der Waals surface area contributed by atoms with Crippen LogP contribution in [0.15, 0.2) is 16.9 Å². The summed E-state index contributed by atoms with van der Waals surface area (Å²) < 4.78 is 7.02. The first kappa shape index (κ1) is 17.1. The van der Waals surface area contributed by atoms with Gasteiger partial charge in [0, 0.05) is 38.1 Å². The first-order valence-electron chi connectivity index (χ1n) is 8.78. The standard InChI is InChI=1S/C17H27BrN4O/c1-22(17-20-11-13(18)12-21-17)15-4-6-16(7-5-15)23-10-8-14-3-2-9-19-14/h11-12,14-16,19H,2-10H2,1H3. The number of hydrogen-bond donors (Lipinski definition) is 1. The molecule has 0 bridgehead atoms. The van der Waals surface area contributed by atoms with Crippen molar-refractivity contribution in [3.8, 4) is 0 Å². The molecule has 23 heavy (non-hydrogen) atoms. The molecule has 0 spiro atoms. The van der Waals surface area contributed by atoms with E-state index in [0.29, 0.717) is 18.2 Å². The molecule has 1 saturated carbocycles. The second-order valence-corrected chi connectivity index (χ2v) is 7.61. The lowest BCUT2D eigenvalue weighted by molar-refractivity contribution is 0.0207. The van der Waals surface area contributed by atoms with E-state index in [-0.39, 0.29) is 0 Å². The van der Waals surface area contributed by atoms with Crippen LogP contribution in [0.4, 0.5) is 5.95 Å². The third-order valence-electron chi connectivity index (χ3n) is 5.10. The average molecular weight is 383 g/mol. The third-order valence-corrected chi connectivity index (χ3v) is 5.51. The lowest BCUT2D eigenvalue weighted by atomic mass is 9.92. The summed E-state index contributed by atoms with van der Waals surface area (Å²) in [4.78, 5) is 11.0. The first-order valence-corrected chi connectivity index (χ1v) is 9.57. The highest BCUT2D eigenvalue weighted by atomic mass is 79.9. The van der Waals surface area contributed by atoms with Gasteiger partial charge in [-0.3, -0.25) is 0 Å². The van der Waals surface area contributed by atoms with E-state index in [1.807, 2.05) is 12.4 Å². The molecule has 1 aromatic rings. The molecule has 2 aliphatic rings. The number of nitrogens with one attached hydrogen (secondary N) is 1. The van der Waals surface area contributed by atoms with Crippen LogP contribution >= 0.6 is 15.9 Å². The van der Waals surface area contributed by atoms with Crippen molar-refractivity contribution in [1.29, 1.82) is 0 Å². The summed E-state index contributed by atoms with van der Waals surface area (Å²) in [5.74, 6) is 0.810. The van der Waals surface area contributed by atoms with Crippen LogP contribution < -0.4 is 10.2 Å². The predicted octanol–water partition coefficient (Wildman–Crippen LogP) is 3.15. The van der Waals surface area contributed by atoms with Gasteiger partial charge in [0.2, 0.25) is 5.95 Å². The summed E-state index contributed by atoms with van der Waals surface area (Å²) in [7, 11) is 2.10. The molecule has 1 unspecified atom stereocenters. The minimum Gasteiger partial charge on any atom is -0.378 e. The van der Waals surface area contributed by atoms with Crippen LogP contribution in [0.25, 0.3) is 0 Å². The van der Waals surface area contributed by atoms with Crippen LogP contribution in [0.1, 0.15) is 44.9 Å². The summed E-state index contributed by atoms with van der Waals surface area (Å²) in [6.07, 6.45) is 12.4. The Morgan fingerprint density at radius 3 is 2.61 bits per heavy atom. The maximum absolute atomic E-state index is 6.10. The summed E-state index contributed by atoms with van der Waals surface area (Å²) >= 11 is 3.38. The monoisotopic (exact) mass is 382 g/mol. The molecule has 2 heterocycles. The van der Waals surface area contributed by atoms with E-state index < -0.39 is 0 Å². The minimum absolute atomic E-state index is 0.437. The molecule has 0 aromatic carbocycles. The summed E-state index contributed by atoms with van der Waals surface area (Å²) in [6.45, 7) is 2.08. The smallest absolute Gasteiger partial charge is 0.225 e. The second kappa shape index (κ2) is 8.40. The van der Waals surface area contributed by atoms with Crippen LogP contribution in [0.5, 0.6) is 0 Å². The van der Waals surface area contributed by atoms with Gasteiger partial charge in [0.1, 0.15) is 0 Å². The Balaban J connectivity index is 1.38. The van der Waals surface area contributed by atoms with Gasteiger partial charge in [-0.2, -0.15) is 0 Å². The quantitative estimate of drug-likeness (QED) is 0.818. The van der Waals surface area contributed by atoms with Crippen molar-refractivity contribution in [3.05, 3.63) is 16.9 Å². The van der Waals surface area contributed by atoms with Gasteiger partial charge in [0.25, 0.3) is 0 Å². The number of anilines is 1. The Morgan fingerprint density at radius 1 is 1.22 bits per heavy atom. The first-order chi connectivity index (χ1) is 11.2. The molecule has 6 heteroatoms. The van der Waals surface area contributed by atoms with E-state index in [1.54, 1.807) is 0 Å². The number of nitrogens with zero attached hydrogens (tertiary/aromatic N) is 3. The van der Waals surface area contributed by atoms with Gasteiger partial charge in [-0.25, -0.2) is 9.97 Å². The van der Waals surface area contributed by atoms with Crippen molar-refractivity contribution in [2.24, 2.45) is 0 Å².